The molecule has 0 N–H and O–H groups in total. The van der Waals surface area contributed by atoms with Gasteiger partial charge in [-0.25, -0.2) is 9.59 Å². The molecule has 0 aromatic carbocycles. The molecule has 1 aliphatic heterocycles. The fourth-order valence-corrected chi connectivity index (χ4v) is 2.68. The lowest BCUT2D eigenvalue weighted by Crippen LogP contribution is -2.21. The van der Waals surface area contributed by atoms with Gasteiger partial charge in [-0.2, -0.15) is 0 Å². The van der Waals surface area contributed by atoms with Crippen LogP contribution in [0, 0.1) is 0 Å². The van der Waals surface area contributed by atoms with Gasteiger partial charge in [0.05, 0.1) is 25.4 Å². The predicted octanol–water partition coefficient (Wildman–Crippen LogP) is 2.51. The van der Waals surface area contributed by atoms with Gasteiger partial charge < -0.3 is 28.4 Å². The molecule has 0 aromatic heterocycles. The zero-order chi connectivity index (χ0) is 21.2. The van der Waals surface area contributed by atoms with Gasteiger partial charge in [-0.05, 0) is 52.7 Å². The molecule has 1 aliphatic rings. The molecule has 1 fully saturated rings. The zero-order valence-corrected chi connectivity index (χ0v) is 17.5. The first-order chi connectivity index (χ1) is 13.2. The molecule has 0 bridgehead atoms. The molecular weight excluding hydrogens is 368 g/mol. The van der Waals surface area contributed by atoms with Crippen molar-refractivity contribution in [2.45, 2.75) is 70.7 Å². The van der Waals surface area contributed by atoms with Crippen molar-refractivity contribution in [2.24, 2.45) is 0 Å². The summed E-state index contributed by atoms with van der Waals surface area (Å²) in [6.45, 7) is 7.43. The first-order valence-corrected chi connectivity index (χ1v) is 9.28. The van der Waals surface area contributed by atoms with E-state index in [0.717, 1.165) is 0 Å². The summed E-state index contributed by atoms with van der Waals surface area (Å²) >= 11 is 0. The van der Waals surface area contributed by atoms with Gasteiger partial charge in [-0.1, -0.05) is 0 Å². The van der Waals surface area contributed by atoms with Crippen molar-refractivity contribution >= 4 is 11.9 Å². The van der Waals surface area contributed by atoms with Gasteiger partial charge in [0.25, 0.3) is 0 Å². The molecule has 0 amide bonds. The molecule has 0 saturated carbocycles. The SMILES string of the molecule is COCO[C@H](/C=C/C(=O)OC)CC[C@H](C)OC(=O)/C=C/[C@@H]1OC(C)(C)O[C@H]1C. The van der Waals surface area contributed by atoms with E-state index in [1.54, 1.807) is 19.1 Å². The van der Waals surface area contributed by atoms with Crippen LogP contribution in [0.2, 0.25) is 0 Å². The lowest BCUT2D eigenvalue weighted by molar-refractivity contribution is -0.144. The Morgan fingerprint density at radius 2 is 1.82 bits per heavy atom. The Morgan fingerprint density at radius 1 is 1.11 bits per heavy atom. The number of hydrogen-bond acceptors (Lipinski definition) is 8. The maximum Gasteiger partial charge on any atom is 0.330 e. The van der Waals surface area contributed by atoms with Crippen molar-refractivity contribution in [2.75, 3.05) is 21.0 Å². The lowest BCUT2D eigenvalue weighted by Gasteiger charge is -2.17. The van der Waals surface area contributed by atoms with Crippen LogP contribution in [-0.2, 0) is 38.0 Å². The number of methoxy groups -OCH3 is 2. The van der Waals surface area contributed by atoms with E-state index < -0.39 is 17.7 Å². The van der Waals surface area contributed by atoms with Gasteiger partial charge in [0.15, 0.2) is 5.79 Å². The second-order valence-electron chi connectivity index (χ2n) is 6.98. The smallest absolute Gasteiger partial charge is 0.330 e. The average Bonchev–Trinajstić information content (AvgIpc) is 2.90. The van der Waals surface area contributed by atoms with Crippen LogP contribution in [0.5, 0.6) is 0 Å². The first-order valence-electron chi connectivity index (χ1n) is 9.28. The molecule has 0 radical (unpaired) electrons. The fraction of sp³-hybridized carbons (Fsp3) is 0.700. The molecular formula is C20H32O8. The number of ether oxygens (including phenoxy) is 6. The summed E-state index contributed by atoms with van der Waals surface area (Å²) in [6, 6.07) is 0. The summed E-state index contributed by atoms with van der Waals surface area (Å²) in [7, 11) is 2.82. The minimum Gasteiger partial charge on any atom is -0.466 e. The molecule has 1 rings (SSSR count). The first kappa shape index (κ1) is 24.3. The van der Waals surface area contributed by atoms with Gasteiger partial charge >= 0.3 is 11.9 Å². The summed E-state index contributed by atoms with van der Waals surface area (Å²) < 4.78 is 31.6. The van der Waals surface area contributed by atoms with E-state index in [1.807, 2.05) is 20.8 Å². The monoisotopic (exact) mass is 400 g/mol. The van der Waals surface area contributed by atoms with Crippen molar-refractivity contribution in [3.05, 3.63) is 24.3 Å². The highest BCUT2D eigenvalue weighted by atomic mass is 16.7. The van der Waals surface area contributed by atoms with E-state index in [9.17, 15) is 9.59 Å². The molecule has 1 saturated heterocycles. The molecule has 28 heavy (non-hydrogen) atoms. The van der Waals surface area contributed by atoms with Gasteiger partial charge in [0.1, 0.15) is 12.9 Å². The Labute approximate surface area is 166 Å². The van der Waals surface area contributed by atoms with Crippen LogP contribution < -0.4 is 0 Å². The van der Waals surface area contributed by atoms with Crippen LogP contribution in [0.25, 0.3) is 0 Å². The van der Waals surface area contributed by atoms with E-state index in [0.29, 0.717) is 12.8 Å². The van der Waals surface area contributed by atoms with Crippen LogP contribution in [-0.4, -0.2) is 63.2 Å². The summed E-state index contributed by atoms with van der Waals surface area (Å²) in [5, 5.41) is 0. The van der Waals surface area contributed by atoms with Crippen molar-refractivity contribution < 1.29 is 38.0 Å². The second kappa shape index (κ2) is 12.0. The predicted molar refractivity (Wildman–Crippen MR) is 101 cm³/mol. The average molecular weight is 400 g/mol. The highest BCUT2D eigenvalue weighted by Gasteiger charge is 2.37. The number of carbonyl (C=O) groups is 2. The molecule has 0 unspecified atom stereocenters. The van der Waals surface area contributed by atoms with E-state index in [1.165, 1.54) is 26.4 Å². The standard InChI is InChI=1S/C20H32O8/c1-14(7-8-16(25-13-23-5)9-11-18(21)24-6)26-19(22)12-10-17-15(2)27-20(3,4)28-17/h9-12,14-17H,7-8,13H2,1-6H3/b11-9+,12-10+/t14-,15-,16-,17-/m0/s1. The summed E-state index contributed by atoms with van der Waals surface area (Å²) in [5.41, 5.74) is 0. The maximum absolute atomic E-state index is 12.0. The summed E-state index contributed by atoms with van der Waals surface area (Å²) in [5.74, 6) is -1.58. The molecule has 0 aromatic rings. The van der Waals surface area contributed by atoms with Gasteiger partial charge in [-0.15, -0.1) is 0 Å². The van der Waals surface area contributed by atoms with Gasteiger partial charge in [0.2, 0.25) is 0 Å². The van der Waals surface area contributed by atoms with Crippen LogP contribution in [0.3, 0.4) is 0 Å². The third-order valence-electron chi connectivity index (χ3n) is 4.00. The third kappa shape index (κ3) is 9.45. The quantitative estimate of drug-likeness (QED) is 0.297. The van der Waals surface area contributed by atoms with Crippen LogP contribution in [0.15, 0.2) is 24.3 Å². The maximum atomic E-state index is 12.0. The minimum absolute atomic E-state index is 0.0884. The Bertz CT molecular complexity index is 554. The molecule has 4 atom stereocenters. The van der Waals surface area contributed by atoms with E-state index >= 15 is 0 Å². The molecule has 8 heteroatoms. The number of esters is 2. The van der Waals surface area contributed by atoms with Crippen molar-refractivity contribution in [3.8, 4) is 0 Å². The van der Waals surface area contributed by atoms with Crippen molar-refractivity contribution in [1.29, 1.82) is 0 Å². The minimum atomic E-state index is -0.666. The second-order valence-corrected chi connectivity index (χ2v) is 6.98. The van der Waals surface area contributed by atoms with E-state index in [-0.39, 0.29) is 31.2 Å². The Morgan fingerprint density at radius 3 is 2.39 bits per heavy atom. The highest BCUT2D eigenvalue weighted by molar-refractivity contribution is 5.82. The Balaban J connectivity index is 2.44. The van der Waals surface area contributed by atoms with Crippen LogP contribution in [0.4, 0.5) is 0 Å². The molecule has 8 nitrogen and oxygen atoms in total. The lowest BCUT2D eigenvalue weighted by atomic mass is 10.1. The highest BCUT2D eigenvalue weighted by Crippen LogP contribution is 2.28. The zero-order valence-electron chi connectivity index (χ0n) is 17.5. The number of carbonyl (C=O) groups excluding carboxylic acids is 2. The van der Waals surface area contributed by atoms with Crippen molar-refractivity contribution in [1.82, 2.24) is 0 Å². The Hall–Kier alpha value is -1.74. The largest absolute Gasteiger partial charge is 0.466 e. The molecule has 0 aliphatic carbocycles. The summed E-state index contributed by atoms with van der Waals surface area (Å²) in [6.07, 6.45) is 5.87. The Kier molecular flexibility index (Phi) is 10.4. The van der Waals surface area contributed by atoms with E-state index in [4.69, 9.17) is 23.7 Å². The molecule has 0 spiro atoms. The topological polar surface area (TPSA) is 89.5 Å². The number of hydrogen-bond donors (Lipinski definition) is 0. The normalized spacial score (nSPS) is 23.8. The van der Waals surface area contributed by atoms with Crippen LogP contribution >= 0.6 is 0 Å². The third-order valence-corrected chi connectivity index (χ3v) is 4.00. The van der Waals surface area contributed by atoms with Gasteiger partial charge in [0, 0.05) is 19.3 Å². The van der Waals surface area contributed by atoms with Crippen molar-refractivity contribution in [3.63, 3.8) is 0 Å². The molecule has 160 valence electrons. The summed E-state index contributed by atoms with van der Waals surface area (Å²) in [4.78, 5) is 23.2. The molecule has 1 heterocycles. The fourth-order valence-electron chi connectivity index (χ4n) is 2.68. The van der Waals surface area contributed by atoms with E-state index in [2.05, 4.69) is 4.74 Å². The van der Waals surface area contributed by atoms with Crippen LogP contribution in [0.1, 0.15) is 40.5 Å². The number of rotatable bonds is 11. The van der Waals surface area contributed by atoms with Gasteiger partial charge in [-0.3, -0.25) is 0 Å².